The zero-order chi connectivity index (χ0) is 18.7. The van der Waals surface area contributed by atoms with Crippen molar-refractivity contribution in [3.05, 3.63) is 71.0 Å². The van der Waals surface area contributed by atoms with E-state index < -0.39 is 0 Å². The maximum atomic E-state index is 9.42. The summed E-state index contributed by atoms with van der Waals surface area (Å²) in [5, 5.41) is 14.0. The number of benzene rings is 2. The van der Waals surface area contributed by atoms with Crippen LogP contribution in [0.2, 0.25) is 0 Å². The normalized spacial score (nSPS) is 11.3. The lowest BCUT2D eigenvalue weighted by Crippen LogP contribution is -2.05. The molecule has 2 aromatic carbocycles. The minimum Gasteiger partial charge on any atom is -0.392 e. The van der Waals surface area contributed by atoms with Gasteiger partial charge in [0.2, 0.25) is 0 Å². The number of aliphatic hydroxyl groups is 1. The third kappa shape index (κ3) is 3.58. The molecule has 3 heteroatoms. The Hall–Kier alpha value is -2.39. The quantitative estimate of drug-likeness (QED) is 0.634. The Bertz CT molecular complexity index is 891. The van der Waals surface area contributed by atoms with Crippen LogP contribution in [0.25, 0.3) is 16.8 Å². The molecule has 136 valence electrons. The van der Waals surface area contributed by atoms with Crippen molar-refractivity contribution in [1.29, 1.82) is 0 Å². The van der Waals surface area contributed by atoms with Crippen LogP contribution in [-0.4, -0.2) is 14.9 Å². The van der Waals surface area contributed by atoms with E-state index in [2.05, 4.69) is 56.2 Å². The number of hydrogen-bond acceptors (Lipinski definition) is 2. The molecule has 0 bridgehead atoms. The van der Waals surface area contributed by atoms with Crippen LogP contribution in [0.15, 0.2) is 48.7 Å². The van der Waals surface area contributed by atoms with Crippen molar-refractivity contribution in [2.45, 2.75) is 53.1 Å². The summed E-state index contributed by atoms with van der Waals surface area (Å²) in [7, 11) is 0. The van der Waals surface area contributed by atoms with Crippen molar-refractivity contribution in [1.82, 2.24) is 9.78 Å². The minimum absolute atomic E-state index is 0.0860. The van der Waals surface area contributed by atoms with Crippen LogP contribution in [0.3, 0.4) is 0 Å². The molecule has 0 atom stereocenters. The van der Waals surface area contributed by atoms with Crippen molar-refractivity contribution < 1.29 is 5.11 Å². The molecule has 0 amide bonds. The van der Waals surface area contributed by atoms with Gasteiger partial charge >= 0.3 is 0 Å². The second-order valence-corrected chi connectivity index (χ2v) is 6.99. The van der Waals surface area contributed by atoms with E-state index in [-0.39, 0.29) is 6.61 Å². The van der Waals surface area contributed by atoms with Gasteiger partial charge in [-0.25, -0.2) is 4.68 Å². The van der Waals surface area contributed by atoms with E-state index in [9.17, 15) is 5.11 Å². The van der Waals surface area contributed by atoms with E-state index in [1.54, 1.807) is 0 Å². The van der Waals surface area contributed by atoms with Crippen LogP contribution in [0.5, 0.6) is 0 Å². The molecule has 0 unspecified atom stereocenters. The first-order valence-electron chi connectivity index (χ1n) is 9.44. The molecule has 0 aliphatic carbocycles. The zero-order valence-electron chi connectivity index (χ0n) is 16.2. The summed E-state index contributed by atoms with van der Waals surface area (Å²) in [4.78, 5) is 0. The molecule has 0 radical (unpaired) electrons. The lowest BCUT2D eigenvalue weighted by molar-refractivity contribution is 0.281. The predicted octanol–water partition coefficient (Wildman–Crippen LogP) is 5.55. The van der Waals surface area contributed by atoms with E-state index in [0.29, 0.717) is 5.92 Å². The number of hydrogen-bond donors (Lipinski definition) is 1. The Kier molecular flexibility index (Phi) is 5.58. The maximum absolute atomic E-state index is 9.42. The summed E-state index contributed by atoms with van der Waals surface area (Å²) in [5.74, 6) is 0.507. The summed E-state index contributed by atoms with van der Waals surface area (Å²) in [6, 6.07) is 15.0. The minimum atomic E-state index is 0.0860. The summed E-state index contributed by atoms with van der Waals surface area (Å²) < 4.78 is 1.99. The highest BCUT2D eigenvalue weighted by atomic mass is 16.3. The van der Waals surface area contributed by atoms with E-state index in [4.69, 9.17) is 0 Å². The topological polar surface area (TPSA) is 38.0 Å². The highest BCUT2D eigenvalue weighted by molar-refractivity contribution is 5.68. The molecule has 0 aliphatic heterocycles. The van der Waals surface area contributed by atoms with E-state index in [0.717, 1.165) is 29.7 Å². The van der Waals surface area contributed by atoms with Gasteiger partial charge in [0.05, 0.1) is 18.0 Å². The van der Waals surface area contributed by atoms with Crippen LogP contribution in [-0.2, 0) is 6.61 Å². The smallest absolute Gasteiger partial charge is 0.0684 e. The van der Waals surface area contributed by atoms with E-state index in [1.807, 2.05) is 29.9 Å². The molecule has 1 N–H and O–H groups in total. The average molecular weight is 348 g/mol. The van der Waals surface area contributed by atoms with Crippen LogP contribution in [0.4, 0.5) is 0 Å². The summed E-state index contributed by atoms with van der Waals surface area (Å²) in [5.41, 5.74) is 8.05. The number of aromatic nitrogens is 2. The van der Waals surface area contributed by atoms with Gasteiger partial charge in [-0.05, 0) is 78.6 Å². The maximum Gasteiger partial charge on any atom is 0.0684 e. The number of aryl methyl sites for hydroxylation is 2. The Labute approximate surface area is 156 Å². The van der Waals surface area contributed by atoms with E-state index in [1.165, 1.54) is 22.4 Å². The number of rotatable bonds is 6. The van der Waals surface area contributed by atoms with Gasteiger partial charge in [0.1, 0.15) is 0 Å². The second-order valence-electron chi connectivity index (χ2n) is 6.99. The van der Waals surface area contributed by atoms with Crippen LogP contribution >= 0.6 is 0 Å². The summed E-state index contributed by atoms with van der Waals surface area (Å²) in [6.07, 6.45) is 4.25. The zero-order valence-corrected chi connectivity index (χ0v) is 16.2. The first-order valence-corrected chi connectivity index (χ1v) is 9.44. The standard InChI is InChI=1S/C23H28N2O/c1-5-18(6-2)22-14-20(19-7-8-21(15-26)16(3)13-19)9-10-23(22)25-12-11-17(4)24-25/h7-14,18,26H,5-6,15H2,1-4H3. The fourth-order valence-electron chi connectivity index (χ4n) is 3.60. The lowest BCUT2D eigenvalue weighted by atomic mass is 9.89. The predicted molar refractivity (Wildman–Crippen MR) is 108 cm³/mol. The van der Waals surface area contributed by atoms with Crippen molar-refractivity contribution >= 4 is 0 Å². The molecular weight excluding hydrogens is 320 g/mol. The molecule has 0 saturated heterocycles. The van der Waals surface area contributed by atoms with E-state index >= 15 is 0 Å². The van der Waals surface area contributed by atoms with Crippen molar-refractivity contribution in [3.63, 3.8) is 0 Å². The van der Waals surface area contributed by atoms with Crippen LogP contribution in [0.1, 0.15) is 55.0 Å². The second kappa shape index (κ2) is 7.88. The molecule has 0 aliphatic rings. The van der Waals surface area contributed by atoms with Crippen molar-refractivity contribution in [3.8, 4) is 16.8 Å². The highest BCUT2D eigenvalue weighted by Crippen LogP contribution is 2.33. The van der Waals surface area contributed by atoms with Crippen molar-refractivity contribution in [2.24, 2.45) is 0 Å². The summed E-state index contributed by atoms with van der Waals surface area (Å²) in [6.45, 7) is 8.66. The third-order valence-electron chi connectivity index (χ3n) is 5.27. The van der Waals surface area contributed by atoms with Gasteiger partial charge in [-0.2, -0.15) is 5.10 Å². The molecule has 0 saturated carbocycles. The number of nitrogens with zero attached hydrogens (tertiary/aromatic N) is 2. The molecule has 3 nitrogen and oxygen atoms in total. The Morgan fingerprint density at radius 3 is 2.23 bits per heavy atom. The fourth-order valence-corrected chi connectivity index (χ4v) is 3.60. The first-order chi connectivity index (χ1) is 12.6. The molecule has 1 heterocycles. The molecule has 1 aromatic heterocycles. The monoisotopic (exact) mass is 348 g/mol. The van der Waals surface area contributed by atoms with Gasteiger partial charge in [-0.3, -0.25) is 0 Å². The third-order valence-corrected chi connectivity index (χ3v) is 5.27. The molecular formula is C23H28N2O. The lowest BCUT2D eigenvalue weighted by Gasteiger charge is -2.19. The molecule has 0 fully saturated rings. The van der Waals surface area contributed by atoms with Gasteiger partial charge in [0, 0.05) is 6.20 Å². The SMILES string of the molecule is CCC(CC)c1cc(-c2ccc(CO)c(C)c2)ccc1-n1ccc(C)n1. The van der Waals surface area contributed by atoms with Crippen LogP contribution in [0, 0.1) is 13.8 Å². The van der Waals surface area contributed by atoms with Gasteiger partial charge < -0.3 is 5.11 Å². The largest absolute Gasteiger partial charge is 0.392 e. The molecule has 3 rings (SSSR count). The average Bonchev–Trinajstić information content (AvgIpc) is 3.09. The summed E-state index contributed by atoms with van der Waals surface area (Å²) >= 11 is 0. The first kappa shape index (κ1) is 18.4. The van der Waals surface area contributed by atoms with Crippen molar-refractivity contribution in [2.75, 3.05) is 0 Å². The fraction of sp³-hybridized carbons (Fsp3) is 0.348. The van der Waals surface area contributed by atoms with Gasteiger partial charge in [0.15, 0.2) is 0 Å². The van der Waals surface area contributed by atoms with Crippen LogP contribution < -0.4 is 0 Å². The Balaban J connectivity index is 2.11. The van der Waals surface area contributed by atoms with Gasteiger partial charge in [-0.15, -0.1) is 0 Å². The Morgan fingerprint density at radius 1 is 0.962 bits per heavy atom. The van der Waals surface area contributed by atoms with Gasteiger partial charge in [-0.1, -0.05) is 38.1 Å². The highest BCUT2D eigenvalue weighted by Gasteiger charge is 2.15. The molecule has 3 aromatic rings. The Morgan fingerprint density at radius 2 is 1.65 bits per heavy atom. The number of aliphatic hydroxyl groups excluding tert-OH is 1. The molecule has 0 spiro atoms. The molecule has 26 heavy (non-hydrogen) atoms. The van der Waals surface area contributed by atoms with Gasteiger partial charge in [0.25, 0.3) is 0 Å².